The number of methoxy groups -OCH3 is 1. The summed E-state index contributed by atoms with van der Waals surface area (Å²) in [5.41, 5.74) is 3.82. The third-order valence-electron chi connectivity index (χ3n) is 5.92. The van der Waals surface area contributed by atoms with Crippen LogP contribution in [0.1, 0.15) is 29.0 Å². The van der Waals surface area contributed by atoms with Crippen molar-refractivity contribution in [2.75, 3.05) is 32.1 Å². The number of furan rings is 1. The lowest BCUT2D eigenvalue weighted by Crippen LogP contribution is -2.45. The molecule has 2 aromatic heterocycles. The van der Waals surface area contributed by atoms with Crippen LogP contribution in [-0.4, -0.2) is 53.1 Å². The van der Waals surface area contributed by atoms with Crippen LogP contribution >= 0.6 is 0 Å². The molecule has 0 radical (unpaired) electrons. The normalized spacial score (nSPS) is 10.8. The topological polar surface area (TPSA) is 80.0 Å². The van der Waals surface area contributed by atoms with Crippen LogP contribution in [0.25, 0.3) is 0 Å². The number of ether oxygens (including phenoxy) is 1. The van der Waals surface area contributed by atoms with Crippen LogP contribution in [0, 0.1) is 13.8 Å². The van der Waals surface area contributed by atoms with E-state index in [-0.39, 0.29) is 18.5 Å². The highest BCUT2D eigenvalue weighted by molar-refractivity contribution is 5.93. The number of carbonyl (C=O) groups excluding carboxylic acids is 2. The minimum atomic E-state index is -0.310. The minimum absolute atomic E-state index is 0.0501. The Morgan fingerprint density at radius 2 is 1.88 bits per heavy atom. The van der Waals surface area contributed by atoms with Gasteiger partial charge in [-0.05, 0) is 61.7 Å². The van der Waals surface area contributed by atoms with Gasteiger partial charge < -0.3 is 28.8 Å². The maximum absolute atomic E-state index is 13.5. The molecule has 8 heteroatoms. The van der Waals surface area contributed by atoms with E-state index in [4.69, 9.17) is 9.15 Å². The lowest BCUT2D eigenvalue weighted by atomic mass is 10.1. The summed E-state index contributed by atoms with van der Waals surface area (Å²) < 4.78 is 12.6. The molecule has 0 fully saturated rings. The number of aromatic nitrogens is 1. The molecule has 0 bridgehead atoms. The van der Waals surface area contributed by atoms with Crippen molar-refractivity contribution < 1.29 is 18.7 Å². The van der Waals surface area contributed by atoms with E-state index in [1.807, 2.05) is 68.1 Å². The van der Waals surface area contributed by atoms with E-state index in [2.05, 4.69) is 5.32 Å². The number of hydrogen-bond acceptors (Lipinski definition) is 4. The Hall–Kier alpha value is -3.52. The Labute approximate surface area is 201 Å². The summed E-state index contributed by atoms with van der Waals surface area (Å²) in [5.74, 6) is 0.527. The van der Waals surface area contributed by atoms with Crippen LogP contribution in [0.15, 0.2) is 59.3 Å². The summed E-state index contributed by atoms with van der Waals surface area (Å²) in [7, 11) is 3.57. The van der Waals surface area contributed by atoms with Crippen LogP contribution < -0.4 is 5.32 Å². The second-order valence-electron chi connectivity index (χ2n) is 8.39. The average Bonchev–Trinajstić information content (AvgIpc) is 3.47. The van der Waals surface area contributed by atoms with Crippen molar-refractivity contribution in [2.24, 2.45) is 7.05 Å². The van der Waals surface area contributed by atoms with Crippen LogP contribution in [-0.2, 0) is 29.7 Å². The molecule has 182 valence electrons. The number of urea groups is 1. The van der Waals surface area contributed by atoms with E-state index < -0.39 is 0 Å². The van der Waals surface area contributed by atoms with Crippen molar-refractivity contribution >= 4 is 17.6 Å². The molecule has 2 heterocycles. The molecule has 3 aromatic rings. The lowest BCUT2D eigenvalue weighted by Gasteiger charge is -2.28. The van der Waals surface area contributed by atoms with Gasteiger partial charge >= 0.3 is 6.03 Å². The summed E-state index contributed by atoms with van der Waals surface area (Å²) in [6.07, 6.45) is 4.16. The van der Waals surface area contributed by atoms with Gasteiger partial charge in [0.2, 0.25) is 5.91 Å². The molecule has 3 amide bonds. The minimum Gasteiger partial charge on any atom is -0.467 e. The highest BCUT2D eigenvalue weighted by Crippen LogP contribution is 2.19. The van der Waals surface area contributed by atoms with Gasteiger partial charge in [0.25, 0.3) is 0 Å². The lowest BCUT2D eigenvalue weighted by molar-refractivity contribution is -0.133. The maximum Gasteiger partial charge on any atom is 0.322 e. The molecule has 1 aromatic carbocycles. The first-order valence-electron chi connectivity index (χ1n) is 11.4. The molecule has 8 nitrogen and oxygen atoms in total. The van der Waals surface area contributed by atoms with Gasteiger partial charge in [0.15, 0.2) is 0 Å². The van der Waals surface area contributed by atoms with Crippen molar-refractivity contribution in [3.63, 3.8) is 0 Å². The van der Waals surface area contributed by atoms with E-state index in [0.29, 0.717) is 38.4 Å². The fraction of sp³-hybridized carbons (Fsp3) is 0.385. The van der Waals surface area contributed by atoms with E-state index >= 15 is 0 Å². The first kappa shape index (κ1) is 25.1. The predicted octanol–water partition coefficient (Wildman–Crippen LogP) is 4.33. The van der Waals surface area contributed by atoms with Crippen LogP contribution in [0.4, 0.5) is 10.5 Å². The van der Waals surface area contributed by atoms with Gasteiger partial charge in [0.1, 0.15) is 12.3 Å². The molecule has 34 heavy (non-hydrogen) atoms. The molecule has 0 saturated heterocycles. The molecule has 0 aliphatic heterocycles. The second-order valence-corrected chi connectivity index (χ2v) is 8.39. The molecule has 0 aliphatic carbocycles. The Balaban J connectivity index is 1.76. The average molecular weight is 467 g/mol. The molecular formula is C26H34N4O4. The standard InChI is InChI=1S/C26H34N4O4/c1-20-9-5-12-24(21(20)2)27-26(32)29(14-8-15-33-4)19-25(31)30(18-23-11-7-16-34-23)17-22-10-6-13-28(22)3/h5-7,9-13,16H,8,14-15,17-19H2,1-4H3,(H,27,32). The van der Waals surface area contributed by atoms with Gasteiger partial charge in [0.05, 0.1) is 19.4 Å². The number of nitrogens with zero attached hydrogens (tertiary/aromatic N) is 3. The second kappa shape index (κ2) is 12.1. The zero-order valence-corrected chi connectivity index (χ0v) is 20.4. The zero-order chi connectivity index (χ0) is 24.5. The monoisotopic (exact) mass is 466 g/mol. The fourth-order valence-corrected chi connectivity index (χ4v) is 3.68. The summed E-state index contributed by atoms with van der Waals surface area (Å²) >= 11 is 0. The van der Waals surface area contributed by atoms with Gasteiger partial charge in [-0.1, -0.05) is 12.1 Å². The number of benzene rings is 1. The van der Waals surface area contributed by atoms with Crippen molar-refractivity contribution in [2.45, 2.75) is 33.4 Å². The van der Waals surface area contributed by atoms with Gasteiger partial charge in [-0.15, -0.1) is 0 Å². The maximum atomic E-state index is 13.5. The number of aryl methyl sites for hydroxylation is 2. The van der Waals surface area contributed by atoms with Crippen LogP contribution in [0.2, 0.25) is 0 Å². The van der Waals surface area contributed by atoms with Gasteiger partial charge in [-0.2, -0.15) is 0 Å². The first-order valence-corrected chi connectivity index (χ1v) is 11.4. The predicted molar refractivity (Wildman–Crippen MR) is 131 cm³/mol. The molecule has 0 aliphatic rings. The first-order chi connectivity index (χ1) is 16.4. The molecular weight excluding hydrogens is 432 g/mol. The molecule has 1 N–H and O–H groups in total. The number of hydrogen-bond donors (Lipinski definition) is 1. The highest BCUT2D eigenvalue weighted by atomic mass is 16.5. The summed E-state index contributed by atoms with van der Waals surface area (Å²) in [6.45, 7) is 5.55. The molecule has 0 unspecified atom stereocenters. The van der Waals surface area contributed by atoms with Crippen LogP contribution in [0.3, 0.4) is 0 Å². The Bertz CT molecular complexity index is 1070. The number of amides is 3. The van der Waals surface area contributed by atoms with Crippen LogP contribution in [0.5, 0.6) is 0 Å². The largest absolute Gasteiger partial charge is 0.467 e. The van der Waals surface area contributed by atoms with Crippen molar-refractivity contribution in [1.82, 2.24) is 14.4 Å². The number of rotatable bonds is 11. The number of carbonyl (C=O) groups is 2. The Morgan fingerprint density at radius 1 is 1.06 bits per heavy atom. The molecule has 3 rings (SSSR count). The van der Waals surface area contributed by atoms with Crippen molar-refractivity contribution in [3.05, 3.63) is 77.5 Å². The van der Waals surface area contributed by atoms with Crippen molar-refractivity contribution in [1.29, 1.82) is 0 Å². The smallest absolute Gasteiger partial charge is 0.322 e. The van der Waals surface area contributed by atoms with E-state index in [1.165, 1.54) is 0 Å². The summed E-state index contributed by atoms with van der Waals surface area (Å²) in [5, 5.41) is 2.98. The third-order valence-corrected chi connectivity index (χ3v) is 5.92. The van der Waals surface area contributed by atoms with E-state index in [9.17, 15) is 9.59 Å². The van der Waals surface area contributed by atoms with E-state index in [1.54, 1.807) is 29.2 Å². The van der Waals surface area contributed by atoms with Crippen molar-refractivity contribution in [3.8, 4) is 0 Å². The van der Waals surface area contributed by atoms with Gasteiger partial charge in [-0.25, -0.2) is 4.79 Å². The fourth-order valence-electron chi connectivity index (χ4n) is 3.68. The zero-order valence-electron chi connectivity index (χ0n) is 20.4. The Kier molecular flexibility index (Phi) is 8.93. The molecule has 0 saturated carbocycles. The highest BCUT2D eigenvalue weighted by Gasteiger charge is 2.23. The van der Waals surface area contributed by atoms with Gasteiger partial charge in [-0.3, -0.25) is 4.79 Å². The summed E-state index contributed by atoms with van der Waals surface area (Å²) in [4.78, 5) is 29.9. The molecule has 0 atom stereocenters. The van der Waals surface area contributed by atoms with E-state index in [0.717, 1.165) is 22.5 Å². The number of nitrogens with one attached hydrogen (secondary N) is 1. The SMILES string of the molecule is COCCCN(CC(=O)N(Cc1ccco1)Cc1cccn1C)C(=O)Nc1cccc(C)c1C. The quantitative estimate of drug-likeness (QED) is 0.427. The third kappa shape index (κ3) is 6.74. The molecule has 0 spiro atoms. The van der Waals surface area contributed by atoms with Gasteiger partial charge in [0, 0.05) is 44.9 Å². The Morgan fingerprint density at radius 3 is 2.56 bits per heavy atom. The number of anilines is 1. The summed E-state index contributed by atoms with van der Waals surface area (Å²) in [6, 6.07) is 13.0.